The number of ether oxygens (including phenoxy) is 3. The number of nitro groups is 1. The van der Waals surface area contributed by atoms with Gasteiger partial charge < -0.3 is 19.5 Å². The number of thioether (sulfide) groups is 1. The summed E-state index contributed by atoms with van der Waals surface area (Å²) in [5.41, 5.74) is 4.11. The van der Waals surface area contributed by atoms with E-state index < -0.39 is 4.92 Å². The van der Waals surface area contributed by atoms with Crippen molar-refractivity contribution in [3.8, 4) is 45.7 Å². The molecule has 1 aromatic heterocycles. The molecular weight excluding hydrogens is 556 g/mol. The van der Waals surface area contributed by atoms with Gasteiger partial charge in [-0.25, -0.2) is 4.98 Å². The summed E-state index contributed by atoms with van der Waals surface area (Å²) >= 11 is 1.28. The Morgan fingerprint density at radius 3 is 2.29 bits per heavy atom. The molecule has 10 nitrogen and oxygen atoms in total. The van der Waals surface area contributed by atoms with Crippen molar-refractivity contribution >= 4 is 29.0 Å². The molecule has 0 atom stereocenters. The van der Waals surface area contributed by atoms with Crippen molar-refractivity contribution in [1.29, 1.82) is 5.26 Å². The number of hydrogen-bond donors (Lipinski definition) is 1. The highest BCUT2D eigenvalue weighted by atomic mass is 32.2. The monoisotopic (exact) mass is 584 g/mol. The number of anilines is 1. The molecule has 0 radical (unpaired) electrons. The van der Waals surface area contributed by atoms with E-state index in [0.717, 1.165) is 5.56 Å². The maximum absolute atomic E-state index is 12.7. The molecule has 0 aliphatic heterocycles. The minimum atomic E-state index is -0.509. The maximum atomic E-state index is 12.7. The third kappa shape index (κ3) is 6.62. The zero-order valence-corrected chi connectivity index (χ0v) is 24.3. The van der Waals surface area contributed by atoms with Crippen molar-refractivity contribution in [2.24, 2.45) is 0 Å². The van der Waals surface area contributed by atoms with Crippen LogP contribution in [0.5, 0.6) is 17.2 Å². The second-order valence-electron chi connectivity index (χ2n) is 9.03. The van der Waals surface area contributed by atoms with Crippen LogP contribution in [0.1, 0.15) is 17.5 Å². The lowest BCUT2D eigenvalue weighted by Crippen LogP contribution is -2.13. The minimum absolute atomic E-state index is 0.0917. The van der Waals surface area contributed by atoms with Gasteiger partial charge in [0.2, 0.25) is 11.7 Å². The highest BCUT2D eigenvalue weighted by molar-refractivity contribution is 7.99. The van der Waals surface area contributed by atoms with E-state index in [1.165, 1.54) is 45.2 Å². The van der Waals surface area contributed by atoms with Gasteiger partial charge in [-0.3, -0.25) is 14.9 Å². The van der Waals surface area contributed by atoms with E-state index in [0.29, 0.717) is 61.7 Å². The molecule has 0 saturated carbocycles. The molecule has 214 valence electrons. The highest BCUT2D eigenvalue weighted by Gasteiger charge is 2.20. The van der Waals surface area contributed by atoms with Gasteiger partial charge in [-0.2, -0.15) is 5.26 Å². The Morgan fingerprint density at radius 1 is 1.00 bits per heavy atom. The Balaban J connectivity index is 1.68. The zero-order chi connectivity index (χ0) is 30.2. The van der Waals surface area contributed by atoms with Crippen molar-refractivity contribution in [3.05, 3.63) is 88.0 Å². The summed E-state index contributed by atoms with van der Waals surface area (Å²) in [5, 5.41) is 24.6. The average Bonchev–Trinajstić information content (AvgIpc) is 3.01. The molecular formula is C31H28N4O6S. The number of nitro benzene ring substituents is 1. The van der Waals surface area contributed by atoms with Crippen LogP contribution in [0, 0.1) is 28.4 Å². The predicted molar refractivity (Wildman–Crippen MR) is 161 cm³/mol. The molecule has 11 heteroatoms. The standard InChI is InChI=1S/C31H28N4O6S/c1-19-10-11-22(35(37)38)16-25(19)33-29(36)12-13-42-31-24(18-32)23(17-26(34-31)20-8-6-5-7-9-20)21-14-27(39-2)30(41-4)28(15-21)40-3/h5-11,14-17H,12-13H2,1-4H3,(H,33,36). The van der Waals surface area contributed by atoms with E-state index in [2.05, 4.69) is 11.4 Å². The van der Waals surface area contributed by atoms with E-state index in [-0.39, 0.29) is 18.0 Å². The molecule has 1 heterocycles. The van der Waals surface area contributed by atoms with Crippen LogP contribution in [-0.2, 0) is 4.79 Å². The Labute approximate surface area is 247 Å². The second kappa shape index (κ2) is 13.5. The van der Waals surface area contributed by atoms with Crippen molar-refractivity contribution in [2.45, 2.75) is 18.4 Å². The normalized spacial score (nSPS) is 10.5. The van der Waals surface area contributed by atoms with Crippen LogP contribution in [0.4, 0.5) is 11.4 Å². The third-order valence-corrected chi connectivity index (χ3v) is 7.39. The van der Waals surface area contributed by atoms with Gasteiger partial charge in [-0.15, -0.1) is 11.8 Å². The number of benzene rings is 3. The van der Waals surface area contributed by atoms with Crippen molar-refractivity contribution < 1.29 is 23.9 Å². The summed E-state index contributed by atoms with van der Waals surface area (Å²) in [4.78, 5) is 28.2. The fourth-order valence-electron chi connectivity index (χ4n) is 4.27. The molecule has 0 aliphatic rings. The van der Waals surface area contributed by atoms with E-state index in [9.17, 15) is 20.2 Å². The summed E-state index contributed by atoms with van der Waals surface area (Å²) < 4.78 is 16.5. The topological polar surface area (TPSA) is 137 Å². The molecule has 1 N–H and O–H groups in total. The number of non-ortho nitro benzene ring substituents is 1. The second-order valence-corrected chi connectivity index (χ2v) is 10.1. The number of nitrogens with one attached hydrogen (secondary N) is 1. The third-order valence-electron chi connectivity index (χ3n) is 6.42. The first-order chi connectivity index (χ1) is 20.3. The molecule has 1 amide bonds. The average molecular weight is 585 g/mol. The van der Waals surface area contributed by atoms with Gasteiger partial charge in [-0.05, 0) is 36.2 Å². The van der Waals surface area contributed by atoms with Crippen LogP contribution in [0.25, 0.3) is 22.4 Å². The van der Waals surface area contributed by atoms with Crippen molar-refractivity contribution in [1.82, 2.24) is 4.98 Å². The van der Waals surface area contributed by atoms with Crippen LogP contribution in [-0.4, -0.2) is 42.9 Å². The van der Waals surface area contributed by atoms with Gasteiger partial charge in [0.15, 0.2) is 11.5 Å². The fraction of sp³-hybridized carbons (Fsp3) is 0.194. The van der Waals surface area contributed by atoms with Crippen molar-refractivity contribution in [3.63, 3.8) is 0 Å². The number of methoxy groups -OCH3 is 3. The molecule has 0 saturated heterocycles. The summed E-state index contributed by atoms with van der Waals surface area (Å²) in [6.07, 6.45) is 0.0917. The molecule has 0 fully saturated rings. The quantitative estimate of drug-likeness (QED) is 0.117. The summed E-state index contributed by atoms with van der Waals surface area (Å²) in [6.45, 7) is 1.76. The Hall–Kier alpha value is -5.08. The first-order valence-corrected chi connectivity index (χ1v) is 13.8. The number of carbonyl (C=O) groups is 1. The zero-order valence-electron chi connectivity index (χ0n) is 23.5. The number of carbonyl (C=O) groups excluding carboxylic acids is 1. The maximum Gasteiger partial charge on any atom is 0.271 e. The van der Waals surface area contributed by atoms with E-state index in [4.69, 9.17) is 19.2 Å². The van der Waals surface area contributed by atoms with Gasteiger partial charge in [-0.1, -0.05) is 36.4 Å². The lowest BCUT2D eigenvalue weighted by atomic mass is 9.98. The van der Waals surface area contributed by atoms with Crippen LogP contribution in [0.15, 0.2) is 71.8 Å². The number of pyridine rings is 1. The van der Waals surface area contributed by atoms with Gasteiger partial charge in [0.05, 0.1) is 43.2 Å². The molecule has 0 spiro atoms. The highest BCUT2D eigenvalue weighted by Crippen LogP contribution is 2.43. The number of hydrogen-bond acceptors (Lipinski definition) is 9. The van der Waals surface area contributed by atoms with Gasteiger partial charge in [0.25, 0.3) is 5.69 Å². The Kier molecular flexibility index (Phi) is 9.62. The predicted octanol–water partition coefficient (Wildman–Crippen LogP) is 6.65. The van der Waals surface area contributed by atoms with Gasteiger partial charge in [0.1, 0.15) is 11.1 Å². The lowest BCUT2D eigenvalue weighted by Gasteiger charge is -2.16. The number of nitriles is 1. The van der Waals surface area contributed by atoms with Gasteiger partial charge >= 0.3 is 0 Å². The number of aryl methyl sites for hydroxylation is 1. The molecule has 0 aliphatic carbocycles. The Morgan fingerprint density at radius 2 is 1.69 bits per heavy atom. The molecule has 42 heavy (non-hydrogen) atoms. The molecule has 4 aromatic rings. The van der Waals surface area contributed by atoms with Crippen molar-refractivity contribution in [2.75, 3.05) is 32.4 Å². The summed E-state index contributed by atoms with van der Waals surface area (Å²) in [7, 11) is 4.57. The first-order valence-electron chi connectivity index (χ1n) is 12.8. The van der Waals surface area contributed by atoms with Crippen LogP contribution >= 0.6 is 11.8 Å². The largest absolute Gasteiger partial charge is 0.493 e. The minimum Gasteiger partial charge on any atom is -0.493 e. The molecule has 0 bridgehead atoms. The fourth-order valence-corrected chi connectivity index (χ4v) is 5.21. The van der Waals surface area contributed by atoms with E-state index in [1.807, 2.05) is 36.4 Å². The smallest absolute Gasteiger partial charge is 0.271 e. The molecule has 0 unspecified atom stereocenters. The van der Waals surface area contributed by atoms with Crippen LogP contribution in [0.2, 0.25) is 0 Å². The number of aromatic nitrogens is 1. The molecule has 3 aromatic carbocycles. The lowest BCUT2D eigenvalue weighted by molar-refractivity contribution is -0.384. The van der Waals surface area contributed by atoms with Crippen LogP contribution in [0.3, 0.4) is 0 Å². The van der Waals surface area contributed by atoms with Gasteiger partial charge in [0, 0.05) is 35.4 Å². The molecule has 4 rings (SSSR count). The first kappa shape index (κ1) is 29.9. The van der Waals surface area contributed by atoms with E-state index in [1.54, 1.807) is 25.1 Å². The summed E-state index contributed by atoms with van der Waals surface area (Å²) in [6, 6.07) is 21.6. The van der Waals surface area contributed by atoms with Crippen LogP contribution < -0.4 is 19.5 Å². The summed E-state index contributed by atoms with van der Waals surface area (Å²) in [5.74, 6) is 1.31. The number of nitrogens with zero attached hydrogens (tertiary/aromatic N) is 3. The number of rotatable bonds is 11. The van der Waals surface area contributed by atoms with E-state index >= 15 is 0 Å². The Bertz CT molecular complexity index is 1650. The number of amides is 1. The SMILES string of the molecule is COc1cc(-c2cc(-c3ccccc3)nc(SCCC(=O)Nc3cc([N+](=O)[O-])ccc3C)c2C#N)cc(OC)c1OC.